The molecule has 0 aromatic heterocycles. The molecule has 1 amide bonds. The van der Waals surface area contributed by atoms with Gasteiger partial charge in [0, 0.05) is 12.3 Å². The molecular formula is C18H27NO3. The van der Waals surface area contributed by atoms with Gasteiger partial charge in [-0.2, -0.15) is 0 Å². The first-order chi connectivity index (χ1) is 10.6. The molecule has 0 heterocycles. The first-order valence-electron chi connectivity index (χ1n) is 8.15. The summed E-state index contributed by atoms with van der Waals surface area (Å²) in [5.74, 6) is -0.792. The molecule has 4 nitrogen and oxygen atoms in total. The minimum atomic E-state index is -0.840. The summed E-state index contributed by atoms with van der Waals surface area (Å²) in [5.41, 5.74) is 0.961. The molecule has 0 aliphatic heterocycles. The van der Waals surface area contributed by atoms with Crippen LogP contribution in [-0.4, -0.2) is 17.0 Å². The van der Waals surface area contributed by atoms with Crippen LogP contribution in [0, 0.1) is 5.92 Å². The Hall–Kier alpha value is -1.84. The van der Waals surface area contributed by atoms with Crippen molar-refractivity contribution in [2.24, 2.45) is 5.92 Å². The van der Waals surface area contributed by atoms with E-state index in [9.17, 15) is 9.59 Å². The lowest BCUT2D eigenvalue weighted by Gasteiger charge is -2.22. The van der Waals surface area contributed by atoms with E-state index >= 15 is 0 Å². The van der Waals surface area contributed by atoms with Crippen molar-refractivity contribution in [2.45, 2.75) is 58.4 Å². The first kappa shape index (κ1) is 18.2. The van der Waals surface area contributed by atoms with Gasteiger partial charge >= 0.3 is 5.97 Å². The maximum absolute atomic E-state index is 12.5. The number of carbonyl (C=O) groups excluding carboxylic acids is 1. The molecule has 0 spiro atoms. The first-order valence-corrected chi connectivity index (χ1v) is 8.15. The topological polar surface area (TPSA) is 66.4 Å². The fraction of sp³-hybridized carbons (Fsp3) is 0.556. The van der Waals surface area contributed by atoms with E-state index in [2.05, 4.69) is 12.2 Å². The molecule has 0 aliphatic carbocycles. The standard InChI is InChI=1S/C18H27NO3/c1-3-5-9-14(4-2)18(22)19-16(12-13-17(20)21)15-10-7-6-8-11-15/h6-8,10-11,14,16H,3-5,9,12-13H2,1-2H3,(H,19,22)(H,20,21). The fourth-order valence-electron chi connectivity index (χ4n) is 2.54. The van der Waals surface area contributed by atoms with Gasteiger partial charge in [-0.05, 0) is 24.8 Å². The van der Waals surface area contributed by atoms with Crippen LogP contribution in [-0.2, 0) is 9.59 Å². The third-order valence-electron chi connectivity index (χ3n) is 3.94. The normalized spacial score (nSPS) is 13.4. The monoisotopic (exact) mass is 305 g/mol. The number of rotatable bonds is 10. The number of amides is 1. The summed E-state index contributed by atoms with van der Waals surface area (Å²) in [6, 6.07) is 9.35. The van der Waals surface area contributed by atoms with Gasteiger partial charge in [-0.25, -0.2) is 0 Å². The van der Waals surface area contributed by atoms with Crippen molar-refractivity contribution in [3.8, 4) is 0 Å². The number of unbranched alkanes of at least 4 members (excludes halogenated alkanes) is 1. The highest BCUT2D eigenvalue weighted by Crippen LogP contribution is 2.21. The lowest BCUT2D eigenvalue weighted by atomic mass is 9.96. The Balaban J connectivity index is 2.74. The Morgan fingerprint density at radius 2 is 1.82 bits per heavy atom. The molecule has 122 valence electrons. The van der Waals surface area contributed by atoms with Crippen LogP contribution in [0.2, 0.25) is 0 Å². The molecule has 2 atom stereocenters. The number of hydrogen-bond acceptors (Lipinski definition) is 2. The van der Waals surface area contributed by atoms with Gasteiger partial charge in [0.2, 0.25) is 5.91 Å². The summed E-state index contributed by atoms with van der Waals surface area (Å²) in [4.78, 5) is 23.3. The Morgan fingerprint density at radius 1 is 1.14 bits per heavy atom. The molecule has 1 aromatic rings. The number of aliphatic carboxylic acids is 1. The number of nitrogens with one attached hydrogen (secondary N) is 1. The summed E-state index contributed by atoms with van der Waals surface area (Å²) in [6.45, 7) is 4.14. The maximum Gasteiger partial charge on any atom is 0.303 e. The van der Waals surface area contributed by atoms with E-state index in [1.807, 2.05) is 37.3 Å². The number of benzene rings is 1. The third kappa shape index (κ3) is 6.29. The number of carboxylic acids is 1. The Labute approximate surface area is 132 Å². The molecule has 22 heavy (non-hydrogen) atoms. The molecule has 0 saturated heterocycles. The van der Waals surface area contributed by atoms with Crippen molar-refractivity contribution < 1.29 is 14.7 Å². The Kier molecular flexibility index (Phi) is 8.26. The zero-order chi connectivity index (χ0) is 16.4. The van der Waals surface area contributed by atoms with Gasteiger partial charge < -0.3 is 10.4 Å². The molecule has 0 fully saturated rings. The molecule has 1 aromatic carbocycles. The van der Waals surface area contributed by atoms with E-state index in [1.54, 1.807) is 0 Å². The van der Waals surface area contributed by atoms with E-state index in [-0.39, 0.29) is 24.3 Å². The minimum absolute atomic E-state index is 0.0102. The molecular weight excluding hydrogens is 278 g/mol. The maximum atomic E-state index is 12.5. The summed E-state index contributed by atoms with van der Waals surface area (Å²) < 4.78 is 0. The van der Waals surface area contributed by atoms with Crippen molar-refractivity contribution in [3.63, 3.8) is 0 Å². The average Bonchev–Trinajstić information content (AvgIpc) is 2.52. The largest absolute Gasteiger partial charge is 0.481 e. The van der Waals surface area contributed by atoms with Crippen molar-refractivity contribution in [1.29, 1.82) is 0 Å². The van der Waals surface area contributed by atoms with Gasteiger partial charge in [0.25, 0.3) is 0 Å². The van der Waals surface area contributed by atoms with E-state index in [0.717, 1.165) is 31.2 Å². The second-order valence-corrected chi connectivity index (χ2v) is 5.65. The smallest absolute Gasteiger partial charge is 0.303 e. The molecule has 1 rings (SSSR count). The van der Waals surface area contributed by atoms with Crippen molar-refractivity contribution >= 4 is 11.9 Å². The van der Waals surface area contributed by atoms with Gasteiger partial charge in [-0.3, -0.25) is 9.59 Å². The highest BCUT2D eigenvalue weighted by atomic mass is 16.4. The van der Waals surface area contributed by atoms with Crippen LogP contribution in [0.5, 0.6) is 0 Å². The second kappa shape index (κ2) is 9.98. The second-order valence-electron chi connectivity index (χ2n) is 5.65. The van der Waals surface area contributed by atoms with E-state index < -0.39 is 5.97 Å². The van der Waals surface area contributed by atoms with Crippen LogP contribution < -0.4 is 5.32 Å². The molecule has 0 aliphatic rings. The molecule has 0 saturated carbocycles. The van der Waals surface area contributed by atoms with Gasteiger partial charge in [0.15, 0.2) is 0 Å². The summed E-state index contributed by atoms with van der Waals surface area (Å²) in [6.07, 6.45) is 4.27. The van der Waals surface area contributed by atoms with Crippen molar-refractivity contribution in [1.82, 2.24) is 5.32 Å². The highest BCUT2D eigenvalue weighted by Gasteiger charge is 2.21. The zero-order valence-corrected chi connectivity index (χ0v) is 13.5. The predicted octanol–water partition coefficient (Wildman–Crippen LogP) is 3.93. The lowest BCUT2D eigenvalue weighted by Crippen LogP contribution is -2.34. The number of carboxylic acid groups (broad SMARTS) is 1. The van der Waals surface area contributed by atoms with E-state index in [1.165, 1.54) is 0 Å². The van der Waals surface area contributed by atoms with Crippen LogP contribution in [0.15, 0.2) is 30.3 Å². The van der Waals surface area contributed by atoms with Crippen LogP contribution in [0.3, 0.4) is 0 Å². The Morgan fingerprint density at radius 3 is 2.36 bits per heavy atom. The van der Waals surface area contributed by atoms with Crippen LogP contribution in [0.25, 0.3) is 0 Å². The molecule has 4 heteroatoms. The van der Waals surface area contributed by atoms with Crippen LogP contribution in [0.4, 0.5) is 0 Å². The summed E-state index contributed by atoms with van der Waals surface area (Å²) >= 11 is 0. The molecule has 2 unspecified atom stereocenters. The van der Waals surface area contributed by atoms with Gasteiger partial charge in [-0.1, -0.05) is 57.0 Å². The molecule has 0 radical (unpaired) electrons. The third-order valence-corrected chi connectivity index (χ3v) is 3.94. The van der Waals surface area contributed by atoms with E-state index in [4.69, 9.17) is 5.11 Å². The molecule has 2 N–H and O–H groups in total. The van der Waals surface area contributed by atoms with Crippen molar-refractivity contribution in [2.75, 3.05) is 0 Å². The summed E-state index contributed by atoms with van der Waals surface area (Å²) in [7, 11) is 0. The van der Waals surface area contributed by atoms with Gasteiger partial charge in [0.05, 0.1) is 6.04 Å². The lowest BCUT2D eigenvalue weighted by molar-refractivity contribution is -0.137. The average molecular weight is 305 g/mol. The predicted molar refractivity (Wildman–Crippen MR) is 87.5 cm³/mol. The minimum Gasteiger partial charge on any atom is -0.481 e. The van der Waals surface area contributed by atoms with Crippen LogP contribution in [0.1, 0.15) is 64.0 Å². The van der Waals surface area contributed by atoms with E-state index in [0.29, 0.717) is 6.42 Å². The van der Waals surface area contributed by atoms with Crippen LogP contribution >= 0.6 is 0 Å². The highest BCUT2D eigenvalue weighted by molar-refractivity contribution is 5.79. The van der Waals surface area contributed by atoms with Gasteiger partial charge in [0.1, 0.15) is 0 Å². The Bertz CT molecular complexity index is 459. The fourth-order valence-corrected chi connectivity index (χ4v) is 2.54. The SMILES string of the molecule is CCCCC(CC)C(=O)NC(CCC(=O)O)c1ccccc1. The van der Waals surface area contributed by atoms with Gasteiger partial charge in [-0.15, -0.1) is 0 Å². The van der Waals surface area contributed by atoms with Crippen molar-refractivity contribution in [3.05, 3.63) is 35.9 Å². The number of hydrogen-bond donors (Lipinski definition) is 2. The zero-order valence-electron chi connectivity index (χ0n) is 13.5. The summed E-state index contributed by atoms with van der Waals surface area (Å²) in [5, 5.41) is 11.9. The number of carbonyl (C=O) groups is 2. The molecule has 0 bridgehead atoms. The quantitative estimate of drug-likeness (QED) is 0.688.